The monoisotopic (exact) mass is 387 g/mol. The molecule has 1 saturated heterocycles. The van der Waals surface area contributed by atoms with Gasteiger partial charge >= 0.3 is 0 Å². The first-order valence-corrected chi connectivity index (χ1v) is 10.3. The molecule has 2 aromatic carbocycles. The molecule has 0 saturated carbocycles. The first-order valence-electron chi connectivity index (χ1n) is 8.59. The van der Waals surface area contributed by atoms with E-state index in [2.05, 4.69) is 5.32 Å². The molecular formula is C19H21N3O4S. The molecule has 7 nitrogen and oxygen atoms in total. The Labute approximate surface area is 158 Å². The van der Waals surface area contributed by atoms with Gasteiger partial charge in [-0.1, -0.05) is 30.3 Å². The number of carbonyl (C=O) groups excluding carboxylic acids is 2. The molecule has 142 valence electrons. The second-order valence-electron chi connectivity index (χ2n) is 6.51. The summed E-state index contributed by atoms with van der Waals surface area (Å²) in [6.07, 6.45) is 1.37. The summed E-state index contributed by atoms with van der Waals surface area (Å²) in [6, 6.07) is 13.8. The molecule has 1 fully saturated rings. The van der Waals surface area contributed by atoms with Crippen LogP contribution in [0, 0.1) is 0 Å². The maximum Gasteiger partial charge on any atom is 0.251 e. The van der Waals surface area contributed by atoms with Crippen LogP contribution in [0.1, 0.15) is 34.3 Å². The lowest BCUT2D eigenvalue weighted by Crippen LogP contribution is -2.25. The highest BCUT2D eigenvalue weighted by Gasteiger charge is 2.22. The van der Waals surface area contributed by atoms with Crippen molar-refractivity contribution in [2.75, 3.05) is 11.4 Å². The van der Waals surface area contributed by atoms with Crippen LogP contribution in [0.5, 0.6) is 0 Å². The highest BCUT2D eigenvalue weighted by molar-refractivity contribution is 7.88. The van der Waals surface area contributed by atoms with Gasteiger partial charge in [-0.15, -0.1) is 0 Å². The first kappa shape index (κ1) is 19.1. The Morgan fingerprint density at radius 1 is 1.11 bits per heavy atom. The van der Waals surface area contributed by atoms with Crippen LogP contribution in [-0.4, -0.2) is 26.8 Å². The van der Waals surface area contributed by atoms with E-state index in [0.717, 1.165) is 17.7 Å². The molecule has 8 heteroatoms. The minimum Gasteiger partial charge on any atom is -0.348 e. The van der Waals surface area contributed by atoms with Crippen molar-refractivity contribution in [1.82, 2.24) is 5.32 Å². The van der Waals surface area contributed by atoms with Gasteiger partial charge in [-0.25, -0.2) is 13.6 Å². The normalized spacial score (nSPS) is 14.4. The number of carbonyl (C=O) groups is 2. The fourth-order valence-corrected chi connectivity index (χ4v) is 3.66. The van der Waals surface area contributed by atoms with Gasteiger partial charge in [0.25, 0.3) is 5.91 Å². The number of anilines is 1. The van der Waals surface area contributed by atoms with Gasteiger partial charge in [0.15, 0.2) is 0 Å². The molecule has 3 rings (SSSR count). The van der Waals surface area contributed by atoms with Crippen LogP contribution in [0.2, 0.25) is 0 Å². The Kier molecular flexibility index (Phi) is 5.57. The number of benzene rings is 2. The lowest BCUT2D eigenvalue weighted by atomic mass is 10.1. The zero-order valence-electron chi connectivity index (χ0n) is 14.7. The van der Waals surface area contributed by atoms with E-state index in [0.29, 0.717) is 30.6 Å². The molecule has 0 atom stereocenters. The molecule has 1 aliphatic heterocycles. The van der Waals surface area contributed by atoms with E-state index in [1.54, 1.807) is 47.4 Å². The molecule has 0 spiro atoms. The highest BCUT2D eigenvalue weighted by Crippen LogP contribution is 2.22. The number of sulfonamides is 1. The Morgan fingerprint density at radius 3 is 2.44 bits per heavy atom. The Balaban J connectivity index is 1.62. The predicted molar refractivity (Wildman–Crippen MR) is 102 cm³/mol. The number of nitrogens with one attached hydrogen (secondary N) is 1. The number of amides is 2. The average molecular weight is 387 g/mol. The maximum atomic E-state index is 12.4. The lowest BCUT2D eigenvalue weighted by Gasteiger charge is -2.16. The Morgan fingerprint density at radius 2 is 1.81 bits per heavy atom. The van der Waals surface area contributed by atoms with Crippen molar-refractivity contribution in [3.63, 3.8) is 0 Å². The second kappa shape index (κ2) is 7.89. The van der Waals surface area contributed by atoms with Crippen molar-refractivity contribution in [1.29, 1.82) is 0 Å². The van der Waals surface area contributed by atoms with Crippen LogP contribution in [-0.2, 0) is 27.1 Å². The second-order valence-corrected chi connectivity index (χ2v) is 8.12. The van der Waals surface area contributed by atoms with Crippen LogP contribution >= 0.6 is 0 Å². The van der Waals surface area contributed by atoms with Crippen LogP contribution in [0.15, 0.2) is 48.5 Å². The van der Waals surface area contributed by atoms with E-state index >= 15 is 0 Å². The molecule has 0 aromatic heterocycles. The molecule has 2 aromatic rings. The number of nitrogens with zero attached hydrogens (tertiary/aromatic N) is 1. The first-order chi connectivity index (χ1) is 12.8. The van der Waals surface area contributed by atoms with Gasteiger partial charge in [0.05, 0.1) is 5.75 Å². The van der Waals surface area contributed by atoms with Crippen LogP contribution in [0.3, 0.4) is 0 Å². The summed E-state index contributed by atoms with van der Waals surface area (Å²) in [7, 11) is -3.56. The summed E-state index contributed by atoms with van der Waals surface area (Å²) in [4.78, 5) is 26.0. The molecule has 0 radical (unpaired) electrons. The minimum atomic E-state index is -3.56. The largest absolute Gasteiger partial charge is 0.348 e. The van der Waals surface area contributed by atoms with Gasteiger partial charge in [-0.3, -0.25) is 9.59 Å². The van der Waals surface area contributed by atoms with Crippen molar-refractivity contribution >= 4 is 27.5 Å². The van der Waals surface area contributed by atoms with Gasteiger partial charge in [0, 0.05) is 30.8 Å². The third-order valence-corrected chi connectivity index (χ3v) is 5.07. The molecular weight excluding hydrogens is 366 g/mol. The fraction of sp³-hybridized carbons (Fsp3) is 0.263. The summed E-state index contributed by atoms with van der Waals surface area (Å²) < 4.78 is 22.2. The van der Waals surface area contributed by atoms with E-state index in [1.165, 1.54) is 0 Å². The Bertz CT molecular complexity index is 955. The summed E-state index contributed by atoms with van der Waals surface area (Å²) >= 11 is 0. The van der Waals surface area contributed by atoms with Crippen LogP contribution in [0.4, 0.5) is 5.69 Å². The third kappa shape index (κ3) is 5.15. The van der Waals surface area contributed by atoms with Crippen molar-refractivity contribution in [3.05, 3.63) is 65.2 Å². The standard InChI is InChI=1S/C19H21N3O4S/c20-27(25,26)13-15-8-6-14(7-9-15)12-21-19(24)16-3-1-4-17(11-16)22-10-2-5-18(22)23/h1,3-4,6-9,11H,2,5,10,12-13H2,(H,21,24)(H2,20,25,26). The summed E-state index contributed by atoms with van der Waals surface area (Å²) in [5.74, 6) is -0.383. The zero-order chi connectivity index (χ0) is 19.4. The number of hydrogen-bond donors (Lipinski definition) is 2. The van der Waals surface area contributed by atoms with Gasteiger partial charge in [0.1, 0.15) is 0 Å². The van der Waals surface area contributed by atoms with Gasteiger partial charge in [-0.2, -0.15) is 0 Å². The van der Waals surface area contributed by atoms with Gasteiger partial charge in [0.2, 0.25) is 15.9 Å². The average Bonchev–Trinajstić information content (AvgIpc) is 3.06. The van der Waals surface area contributed by atoms with Crippen molar-refractivity contribution in [2.45, 2.75) is 25.1 Å². The smallest absolute Gasteiger partial charge is 0.251 e. The van der Waals surface area contributed by atoms with E-state index < -0.39 is 10.0 Å². The number of rotatable bonds is 6. The molecule has 0 unspecified atom stereocenters. The molecule has 3 N–H and O–H groups in total. The van der Waals surface area contributed by atoms with Crippen molar-refractivity contribution in [3.8, 4) is 0 Å². The predicted octanol–water partition coefficient (Wildman–Crippen LogP) is 1.53. The van der Waals surface area contributed by atoms with Gasteiger partial charge in [-0.05, 0) is 35.7 Å². The highest BCUT2D eigenvalue weighted by atomic mass is 32.2. The van der Waals surface area contributed by atoms with E-state index in [1.807, 2.05) is 6.07 Å². The molecule has 27 heavy (non-hydrogen) atoms. The zero-order valence-corrected chi connectivity index (χ0v) is 15.5. The molecule has 1 aliphatic rings. The Hall–Kier alpha value is -2.71. The van der Waals surface area contributed by atoms with Crippen LogP contribution < -0.4 is 15.4 Å². The topological polar surface area (TPSA) is 110 Å². The van der Waals surface area contributed by atoms with Crippen molar-refractivity contribution < 1.29 is 18.0 Å². The summed E-state index contributed by atoms with van der Waals surface area (Å²) in [5.41, 5.74) is 2.65. The quantitative estimate of drug-likeness (QED) is 0.783. The van der Waals surface area contributed by atoms with E-state index in [-0.39, 0.29) is 17.6 Å². The number of primary sulfonamides is 1. The molecule has 0 aliphatic carbocycles. The lowest BCUT2D eigenvalue weighted by molar-refractivity contribution is -0.117. The third-order valence-electron chi connectivity index (χ3n) is 4.34. The fourth-order valence-electron chi connectivity index (χ4n) is 3.01. The SMILES string of the molecule is NS(=O)(=O)Cc1ccc(CNC(=O)c2cccc(N3CCCC3=O)c2)cc1. The van der Waals surface area contributed by atoms with Gasteiger partial charge < -0.3 is 10.2 Å². The minimum absolute atomic E-state index is 0.0761. The number of nitrogens with two attached hydrogens (primary N) is 1. The molecule has 0 bridgehead atoms. The van der Waals surface area contributed by atoms with Crippen molar-refractivity contribution in [2.24, 2.45) is 5.14 Å². The van der Waals surface area contributed by atoms with E-state index in [9.17, 15) is 18.0 Å². The molecule has 2 amide bonds. The van der Waals surface area contributed by atoms with Crippen LogP contribution in [0.25, 0.3) is 0 Å². The van der Waals surface area contributed by atoms with E-state index in [4.69, 9.17) is 5.14 Å². The number of hydrogen-bond acceptors (Lipinski definition) is 4. The summed E-state index contributed by atoms with van der Waals surface area (Å²) in [6.45, 7) is 0.982. The molecule has 1 heterocycles. The maximum absolute atomic E-state index is 12.4. The summed E-state index contributed by atoms with van der Waals surface area (Å²) in [5, 5.41) is 7.85.